The lowest BCUT2D eigenvalue weighted by atomic mass is 10.2. The summed E-state index contributed by atoms with van der Waals surface area (Å²) in [6.45, 7) is 2.00. The molecular formula is C23H17BrClN5O4. The van der Waals surface area contributed by atoms with Gasteiger partial charge in [-0.2, -0.15) is 9.78 Å². The van der Waals surface area contributed by atoms with E-state index in [9.17, 15) is 14.9 Å². The molecule has 0 saturated carbocycles. The molecule has 0 aliphatic heterocycles. The molecule has 0 aliphatic rings. The maximum Gasteiger partial charge on any atom is 0.287 e. The summed E-state index contributed by atoms with van der Waals surface area (Å²) in [5.41, 5.74) is 0.852. The third-order valence-corrected chi connectivity index (χ3v) is 5.56. The lowest BCUT2D eigenvalue weighted by Crippen LogP contribution is -2.22. The fourth-order valence-electron chi connectivity index (χ4n) is 3.16. The zero-order valence-corrected chi connectivity index (χ0v) is 20.2. The Balaban J connectivity index is 1.62. The number of halogens is 2. The first-order valence-corrected chi connectivity index (χ1v) is 11.4. The molecule has 0 radical (unpaired) electrons. The normalized spacial score (nSPS) is 11.3. The first kappa shape index (κ1) is 23.5. The standard InChI is InChI=1S/C23H17BrClN5O4/c1-2-3-21-28-19-7-5-15(24)11-17(19)23(31)29(21)27-12-14-4-8-20(18(25)10-14)34-22-9-6-16(13-26-22)30(32)33/h4-13H,2-3H2,1H3. The summed E-state index contributed by atoms with van der Waals surface area (Å²) < 4.78 is 7.69. The van der Waals surface area contributed by atoms with Crippen LogP contribution in [0.4, 0.5) is 5.69 Å². The molecule has 0 unspecified atom stereocenters. The molecule has 0 amide bonds. The average molecular weight is 543 g/mol. The minimum atomic E-state index is -0.543. The van der Waals surface area contributed by atoms with Gasteiger partial charge in [0.15, 0.2) is 0 Å². The molecule has 172 valence electrons. The predicted molar refractivity (Wildman–Crippen MR) is 133 cm³/mol. The minimum Gasteiger partial charge on any atom is -0.437 e. The van der Waals surface area contributed by atoms with Gasteiger partial charge in [0.25, 0.3) is 11.2 Å². The average Bonchev–Trinajstić information content (AvgIpc) is 2.81. The molecule has 0 bridgehead atoms. The van der Waals surface area contributed by atoms with Crippen LogP contribution in [0.2, 0.25) is 5.02 Å². The van der Waals surface area contributed by atoms with Crippen molar-refractivity contribution < 1.29 is 9.66 Å². The van der Waals surface area contributed by atoms with E-state index in [1.54, 1.807) is 30.3 Å². The molecule has 2 heterocycles. The van der Waals surface area contributed by atoms with Crippen LogP contribution in [0.1, 0.15) is 24.7 Å². The van der Waals surface area contributed by atoms with Crippen LogP contribution in [-0.2, 0) is 6.42 Å². The summed E-state index contributed by atoms with van der Waals surface area (Å²) in [5.74, 6) is 1.05. The maximum absolute atomic E-state index is 13.1. The number of benzene rings is 2. The second-order valence-corrected chi connectivity index (χ2v) is 8.53. The highest BCUT2D eigenvalue weighted by atomic mass is 79.9. The Hall–Kier alpha value is -3.63. The summed E-state index contributed by atoms with van der Waals surface area (Å²) in [6, 6.07) is 13.0. The number of nitro groups is 1. The monoisotopic (exact) mass is 541 g/mol. The Morgan fingerprint density at radius 3 is 2.74 bits per heavy atom. The van der Waals surface area contributed by atoms with Crippen molar-refractivity contribution in [3.63, 3.8) is 0 Å². The summed E-state index contributed by atoms with van der Waals surface area (Å²) in [7, 11) is 0. The van der Waals surface area contributed by atoms with Crippen molar-refractivity contribution in [2.45, 2.75) is 19.8 Å². The van der Waals surface area contributed by atoms with Gasteiger partial charge in [0.1, 0.15) is 17.8 Å². The van der Waals surface area contributed by atoms with Gasteiger partial charge < -0.3 is 4.74 Å². The smallest absolute Gasteiger partial charge is 0.287 e. The molecule has 0 aliphatic carbocycles. The molecule has 9 nitrogen and oxygen atoms in total. The van der Waals surface area contributed by atoms with Crippen molar-refractivity contribution in [1.82, 2.24) is 14.6 Å². The number of fused-ring (bicyclic) bond motifs is 1. The SMILES string of the molecule is CCCc1nc2ccc(Br)cc2c(=O)n1N=Cc1ccc(Oc2ccc([N+](=O)[O-])cn2)c(Cl)c1. The lowest BCUT2D eigenvalue weighted by molar-refractivity contribution is -0.385. The topological polar surface area (TPSA) is 113 Å². The Labute approximate surface area is 207 Å². The number of nitrogens with zero attached hydrogens (tertiary/aromatic N) is 5. The number of rotatable bonds is 7. The van der Waals surface area contributed by atoms with Crippen LogP contribution in [0.5, 0.6) is 11.6 Å². The highest BCUT2D eigenvalue weighted by molar-refractivity contribution is 9.10. The van der Waals surface area contributed by atoms with Gasteiger partial charge in [-0.15, -0.1) is 0 Å². The van der Waals surface area contributed by atoms with E-state index in [1.807, 2.05) is 13.0 Å². The van der Waals surface area contributed by atoms with Crippen molar-refractivity contribution >= 4 is 50.3 Å². The van der Waals surface area contributed by atoms with Crippen molar-refractivity contribution in [3.05, 3.63) is 96.1 Å². The Morgan fingerprint density at radius 2 is 2.06 bits per heavy atom. The first-order chi connectivity index (χ1) is 16.4. The Bertz CT molecular complexity index is 1470. The van der Waals surface area contributed by atoms with Gasteiger partial charge in [-0.25, -0.2) is 9.97 Å². The van der Waals surface area contributed by atoms with Gasteiger partial charge in [-0.1, -0.05) is 34.5 Å². The predicted octanol–water partition coefficient (Wildman–Crippen LogP) is 5.74. The summed E-state index contributed by atoms with van der Waals surface area (Å²) in [6.07, 6.45) is 4.02. The van der Waals surface area contributed by atoms with E-state index < -0.39 is 4.92 Å². The van der Waals surface area contributed by atoms with Gasteiger partial charge in [-0.05, 0) is 48.4 Å². The largest absolute Gasteiger partial charge is 0.437 e. The number of aromatic nitrogens is 3. The fraction of sp³-hybridized carbons (Fsp3) is 0.130. The summed E-state index contributed by atoms with van der Waals surface area (Å²) in [5, 5.41) is 15.9. The molecule has 0 spiro atoms. The van der Waals surface area contributed by atoms with Gasteiger partial charge in [0, 0.05) is 23.0 Å². The van der Waals surface area contributed by atoms with Crippen LogP contribution >= 0.6 is 27.5 Å². The Morgan fingerprint density at radius 1 is 1.24 bits per heavy atom. The number of pyridine rings is 1. The van der Waals surface area contributed by atoms with E-state index in [0.29, 0.717) is 34.5 Å². The van der Waals surface area contributed by atoms with Crippen LogP contribution in [0, 0.1) is 10.1 Å². The van der Waals surface area contributed by atoms with Crippen LogP contribution in [0.15, 0.2) is 69.1 Å². The van der Waals surface area contributed by atoms with Crippen LogP contribution < -0.4 is 10.3 Å². The van der Waals surface area contributed by atoms with E-state index in [1.165, 1.54) is 23.0 Å². The fourth-order valence-corrected chi connectivity index (χ4v) is 3.75. The van der Waals surface area contributed by atoms with E-state index >= 15 is 0 Å². The number of hydrogen-bond acceptors (Lipinski definition) is 7. The second-order valence-electron chi connectivity index (χ2n) is 7.20. The lowest BCUT2D eigenvalue weighted by Gasteiger charge is -2.09. The van der Waals surface area contributed by atoms with Crippen molar-refractivity contribution in [3.8, 4) is 11.6 Å². The van der Waals surface area contributed by atoms with Gasteiger partial charge >= 0.3 is 0 Å². The third kappa shape index (κ3) is 5.13. The zero-order valence-electron chi connectivity index (χ0n) is 17.8. The van der Waals surface area contributed by atoms with E-state index in [4.69, 9.17) is 16.3 Å². The number of hydrogen-bond donors (Lipinski definition) is 0. The van der Waals surface area contributed by atoms with E-state index in [0.717, 1.165) is 17.1 Å². The molecule has 11 heteroatoms. The molecular weight excluding hydrogens is 526 g/mol. The molecule has 4 rings (SSSR count). The summed E-state index contributed by atoms with van der Waals surface area (Å²) in [4.78, 5) is 31.8. The first-order valence-electron chi connectivity index (χ1n) is 10.2. The van der Waals surface area contributed by atoms with Gasteiger partial charge in [-0.3, -0.25) is 14.9 Å². The summed E-state index contributed by atoms with van der Waals surface area (Å²) >= 11 is 9.73. The van der Waals surface area contributed by atoms with Crippen molar-refractivity contribution in [2.75, 3.05) is 0 Å². The zero-order chi connectivity index (χ0) is 24.2. The molecule has 2 aromatic carbocycles. The molecule has 34 heavy (non-hydrogen) atoms. The quantitative estimate of drug-likeness (QED) is 0.167. The second kappa shape index (κ2) is 10.1. The van der Waals surface area contributed by atoms with Crippen molar-refractivity contribution in [1.29, 1.82) is 0 Å². The molecule has 4 aromatic rings. The van der Waals surface area contributed by atoms with Crippen LogP contribution in [0.25, 0.3) is 10.9 Å². The highest BCUT2D eigenvalue weighted by Crippen LogP contribution is 2.29. The Kier molecular flexibility index (Phi) is 6.99. The van der Waals surface area contributed by atoms with Crippen molar-refractivity contribution in [2.24, 2.45) is 5.10 Å². The van der Waals surface area contributed by atoms with Gasteiger partial charge in [0.2, 0.25) is 5.88 Å². The highest BCUT2D eigenvalue weighted by Gasteiger charge is 2.11. The number of aryl methyl sites for hydroxylation is 1. The third-order valence-electron chi connectivity index (χ3n) is 4.77. The number of ether oxygens (including phenoxy) is 1. The van der Waals surface area contributed by atoms with Crippen LogP contribution in [0.3, 0.4) is 0 Å². The molecule has 0 atom stereocenters. The molecule has 2 aromatic heterocycles. The molecule has 0 fully saturated rings. The molecule has 0 N–H and O–H groups in total. The minimum absolute atomic E-state index is 0.141. The van der Waals surface area contributed by atoms with E-state index in [2.05, 4.69) is 31.0 Å². The van der Waals surface area contributed by atoms with E-state index in [-0.39, 0.29) is 22.1 Å². The maximum atomic E-state index is 13.1. The van der Waals surface area contributed by atoms with Crippen LogP contribution in [-0.4, -0.2) is 25.8 Å². The van der Waals surface area contributed by atoms with Gasteiger partial charge in [0.05, 0.1) is 27.1 Å². The molecule has 0 saturated heterocycles.